The summed E-state index contributed by atoms with van der Waals surface area (Å²) in [4.78, 5) is 22.9. The largest absolute Gasteiger partial charge is 0.497 e. The van der Waals surface area contributed by atoms with Gasteiger partial charge in [0.25, 0.3) is 5.56 Å². The fraction of sp³-hybridized carbons (Fsp3) is 0.333. The van der Waals surface area contributed by atoms with Gasteiger partial charge in [0.15, 0.2) is 17.4 Å². The molecule has 1 aliphatic heterocycles. The molecule has 3 heterocycles. The second kappa shape index (κ2) is 8.20. The zero-order chi connectivity index (χ0) is 21.3. The maximum atomic E-state index is 12.1. The number of anilines is 1. The summed E-state index contributed by atoms with van der Waals surface area (Å²) in [6, 6.07) is 7.15. The molecular formula is C18H20N6O6. The number of imidazole rings is 1. The van der Waals surface area contributed by atoms with E-state index in [1.807, 2.05) is 0 Å². The molecule has 4 rings (SSSR count). The number of nitrogens with zero attached hydrogens (tertiary/aromatic N) is 4. The van der Waals surface area contributed by atoms with Crippen LogP contribution in [0.5, 0.6) is 5.75 Å². The molecule has 0 aliphatic carbocycles. The lowest BCUT2D eigenvalue weighted by molar-refractivity contribution is -0.0501. The molecule has 5 N–H and O–H groups in total. The normalized spacial score (nSPS) is 24.0. The quantitative estimate of drug-likeness (QED) is 0.255. The minimum absolute atomic E-state index is 0.00242. The third-order valence-electron chi connectivity index (χ3n) is 4.75. The van der Waals surface area contributed by atoms with Crippen molar-refractivity contribution in [1.29, 1.82) is 0 Å². The number of aromatic amines is 1. The molecule has 12 nitrogen and oxygen atoms in total. The van der Waals surface area contributed by atoms with Crippen molar-refractivity contribution in [1.82, 2.24) is 19.5 Å². The average Bonchev–Trinajstić information content (AvgIpc) is 3.26. The molecular weight excluding hydrogens is 396 g/mol. The average molecular weight is 416 g/mol. The second-order valence-corrected chi connectivity index (χ2v) is 6.58. The number of benzene rings is 1. The molecule has 12 heteroatoms. The van der Waals surface area contributed by atoms with E-state index in [1.54, 1.807) is 31.4 Å². The maximum Gasteiger partial charge on any atom is 0.278 e. The van der Waals surface area contributed by atoms with E-state index in [-0.39, 0.29) is 17.1 Å². The van der Waals surface area contributed by atoms with Crippen LogP contribution in [0.1, 0.15) is 11.8 Å². The number of H-pyrrole nitrogens is 1. The van der Waals surface area contributed by atoms with Crippen LogP contribution in [0.3, 0.4) is 0 Å². The Kier molecular flexibility index (Phi) is 5.46. The van der Waals surface area contributed by atoms with Gasteiger partial charge in [-0.25, -0.2) is 15.4 Å². The van der Waals surface area contributed by atoms with Crippen LogP contribution in [0.15, 0.2) is 40.5 Å². The zero-order valence-corrected chi connectivity index (χ0v) is 15.8. The number of fused-ring (bicyclic) bond motifs is 1. The second-order valence-electron chi connectivity index (χ2n) is 6.58. The van der Waals surface area contributed by atoms with Gasteiger partial charge in [-0.2, -0.15) is 5.10 Å². The van der Waals surface area contributed by atoms with Crippen LogP contribution in [0.25, 0.3) is 11.2 Å². The Balaban J connectivity index is 1.69. The van der Waals surface area contributed by atoms with Crippen molar-refractivity contribution in [3.05, 3.63) is 46.5 Å². The number of hydrogen-bond acceptors (Lipinski definition) is 10. The number of rotatable bonds is 6. The number of ether oxygens (including phenoxy) is 2. The Morgan fingerprint density at radius 1 is 1.33 bits per heavy atom. The van der Waals surface area contributed by atoms with Crippen LogP contribution in [-0.4, -0.2) is 73.1 Å². The van der Waals surface area contributed by atoms with Gasteiger partial charge >= 0.3 is 0 Å². The van der Waals surface area contributed by atoms with E-state index in [1.165, 1.54) is 17.1 Å². The van der Waals surface area contributed by atoms with Crippen molar-refractivity contribution < 1.29 is 24.8 Å². The Bertz CT molecular complexity index is 1110. The van der Waals surface area contributed by atoms with Crippen LogP contribution in [0.4, 0.5) is 5.95 Å². The van der Waals surface area contributed by atoms with Gasteiger partial charge in [0, 0.05) is 0 Å². The number of nitrogens with one attached hydrogen (secondary N) is 2. The predicted octanol–water partition coefficient (Wildman–Crippen LogP) is -0.814. The Labute approximate surface area is 169 Å². The molecule has 1 aliphatic rings. The zero-order valence-electron chi connectivity index (χ0n) is 15.8. The molecule has 0 radical (unpaired) electrons. The summed E-state index contributed by atoms with van der Waals surface area (Å²) in [5.41, 5.74) is 3.11. The number of aliphatic hydroxyl groups is 3. The first kappa shape index (κ1) is 20.0. The Morgan fingerprint density at radius 3 is 2.77 bits per heavy atom. The van der Waals surface area contributed by atoms with Crippen molar-refractivity contribution in [2.75, 3.05) is 19.1 Å². The SMILES string of the molecule is COc1ccc(C=NNc2nc3c(=O)[nH]cnc3n2C2OC(CO)C(O)C2O)cc1. The van der Waals surface area contributed by atoms with E-state index < -0.39 is 36.7 Å². The standard InChI is InChI=1S/C18H20N6O6/c1-29-10-4-2-9(3-5-10)6-21-23-18-22-12-15(19-8-20-16(12)28)24(18)17-14(27)13(26)11(7-25)30-17/h2-6,8,11,13-14,17,25-27H,7H2,1H3,(H,22,23)(H,19,20,28). The molecule has 1 aromatic carbocycles. The summed E-state index contributed by atoms with van der Waals surface area (Å²) in [5, 5.41) is 34.0. The van der Waals surface area contributed by atoms with E-state index in [2.05, 4.69) is 25.5 Å². The van der Waals surface area contributed by atoms with Crippen molar-refractivity contribution in [3.63, 3.8) is 0 Å². The highest BCUT2D eigenvalue weighted by Crippen LogP contribution is 2.33. The van der Waals surface area contributed by atoms with Gasteiger partial charge in [0.1, 0.15) is 24.1 Å². The third kappa shape index (κ3) is 3.52. The van der Waals surface area contributed by atoms with Gasteiger partial charge in [0.05, 0.1) is 26.3 Å². The fourth-order valence-electron chi connectivity index (χ4n) is 3.19. The molecule has 4 unspecified atom stereocenters. The molecule has 0 spiro atoms. The van der Waals surface area contributed by atoms with Crippen LogP contribution in [-0.2, 0) is 4.74 Å². The summed E-state index contributed by atoms with van der Waals surface area (Å²) < 4.78 is 12.0. The molecule has 4 atom stereocenters. The highest BCUT2D eigenvalue weighted by molar-refractivity contribution is 5.80. The number of hydrazone groups is 1. The van der Waals surface area contributed by atoms with Crippen molar-refractivity contribution in [3.8, 4) is 5.75 Å². The number of aliphatic hydroxyl groups excluding tert-OH is 3. The minimum atomic E-state index is -1.38. The first-order valence-electron chi connectivity index (χ1n) is 9.04. The highest BCUT2D eigenvalue weighted by Gasteiger charge is 2.45. The van der Waals surface area contributed by atoms with Crippen LogP contribution >= 0.6 is 0 Å². The van der Waals surface area contributed by atoms with Gasteiger partial charge < -0.3 is 29.8 Å². The van der Waals surface area contributed by atoms with Crippen LogP contribution in [0.2, 0.25) is 0 Å². The van der Waals surface area contributed by atoms with Crippen molar-refractivity contribution in [2.45, 2.75) is 24.5 Å². The Morgan fingerprint density at radius 2 is 2.10 bits per heavy atom. The van der Waals surface area contributed by atoms with E-state index in [0.717, 1.165) is 5.56 Å². The molecule has 0 amide bonds. The third-order valence-corrected chi connectivity index (χ3v) is 4.75. The topological polar surface area (TPSA) is 167 Å². The minimum Gasteiger partial charge on any atom is -0.497 e. The first-order valence-corrected chi connectivity index (χ1v) is 9.04. The lowest BCUT2D eigenvalue weighted by atomic mass is 10.1. The number of methoxy groups -OCH3 is 1. The molecule has 30 heavy (non-hydrogen) atoms. The van der Waals surface area contributed by atoms with Gasteiger partial charge in [-0.15, -0.1) is 0 Å². The summed E-state index contributed by atoms with van der Waals surface area (Å²) in [7, 11) is 1.57. The van der Waals surface area contributed by atoms with Crippen LogP contribution in [0, 0.1) is 0 Å². The Hall–Kier alpha value is -3.32. The molecule has 1 fully saturated rings. The lowest BCUT2D eigenvalue weighted by Crippen LogP contribution is -2.33. The molecule has 1 saturated heterocycles. The highest BCUT2D eigenvalue weighted by atomic mass is 16.6. The van der Waals surface area contributed by atoms with Crippen molar-refractivity contribution in [2.24, 2.45) is 5.10 Å². The molecule has 0 saturated carbocycles. The maximum absolute atomic E-state index is 12.1. The van der Waals surface area contributed by atoms with Crippen molar-refractivity contribution >= 4 is 23.3 Å². The van der Waals surface area contributed by atoms with Gasteiger partial charge in [-0.3, -0.25) is 9.36 Å². The van der Waals surface area contributed by atoms with Gasteiger partial charge in [-0.1, -0.05) is 0 Å². The number of aromatic nitrogens is 4. The van der Waals surface area contributed by atoms with E-state index in [0.29, 0.717) is 5.75 Å². The van der Waals surface area contributed by atoms with E-state index in [4.69, 9.17) is 9.47 Å². The monoisotopic (exact) mass is 416 g/mol. The van der Waals surface area contributed by atoms with Gasteiger partial charge in [-0.05, 0) is 29.8 Å². The van der Waals surface area contributed by atoms with Gasteiger partial charge in [0.2, 0.25) is 5.95 Å². The molecule has 3 aromatic rings. The van der Waals surface area contributed by atoms with Crippen LogP contribution < -0.4 is 15.7 Å². The fourth-order valence-corrected chi connectivity index (χ4v) is 3.19. The summed E-state index contributed by atoms with van der Waals surface area (Å²) in [6.07, 6.45) is -2.14. The lowest BCUT2D eigenvalue weighted by Gasteiger charge is -2.18. The smallest absolute Gasteiger partial charge is 0.278 e. The summed E-state index contributed by atoms with van der Waals surface area (Å²) >= 11 is 0. The molecule has 158 valence electrons. The number of hydrogen-bond donors (Lipinski definition) is 5. The van der Waals surface area contributed by atoms with E-state index in [9.17, 15) is 20.1 Å². The summed E-state index contributed by atoms with van der Waals surface area (Å²) in [6.45, 7) is -0.492. The molecule has 0 bridgehead atoms. The molecule has 2 aromatic heterocycles. The summed E-state index contributed by atoms with van der Waals surface area (Å²) in [5.74, 6) is 0.769. The van der Waals surface area contributed by atoms with E-state index >= 15 is 0 Å². The first-order chi connectivity index (χ1) is 14.5. The predicted molar refractivity (Wildman–Crippen MR) is 105 cm³/mol.